The van der Waals surface area contributed by atoms with E-state index in [0.29, 0.717) is 6.54 Å². The number of urea groups is 1. The van der Waals surface area contributed by atoms with Crippen LogP contribution in [0.5, 0.6) is 0 Å². The third-order valence-corrected chi connectivity index (χ3v) is 4.72. The zero-order valence-electron chi connectivity index (χ0n) is 13.2. The van der Waals surface area contributed by atoms with Crippen LogP contribution in [0.2, 0.25) is 5.02 Å². The second-order valence-corrected chi connectivity index (χ2v) is 6.33. The van der Waals surface area contributed by atoms with Gasteiger partial charge in [0.05, 0.1) is 12.2 Å². The molecular formula is C17H21ClN4O. The molecule has 0 bridgehead atoms. The Morgan fingerprint density at radius 2 is 2.35 bits per heavy atom. The Kier molecular flexibility index (Phi) is 4.86. The summed E-state index contributed by atoms with van der Waals surface area (Å²) < 4.78 is 0. The standard InChI is InChI=1S/C17H21ClN4O/c1-11-12(10-20-22-11)4-3-9-19-17(23)21-16-8-7-13-14(16)5-2-6-15(13)18/h2,5-6,10,16H,3-4,7-9H2,1H3,(H,20,22)(H2,19,21,23). The molecule has 0 fully saturated rings. The zero-order chi connectivity index (χ0) is 16.2. The van der Waals surface area contributed by atoms with E-state index in [9.17, 15) is 4.79 Å². The highest BCUT2D eigenvalue weighted by atomic mass is 35.5. The van der Waals surface area contributed by atoms with Gasteiger partial charge >= 0.3 is 6.03 Å². The largest absolute Gasteiger partial charge is 0.338 e. The number of amides is 2. The van der Waals surface area contributed by atoms with Gasteiger partial charge in [-0.05, 0) is 55.4 Å². The molecule has 1 aliphatic carbocycles. The number of fused-ring (bicyclic) bond motifs is 1. The summed E-state index contributed by atoms with van der Waals surface area (Å²) in [4.78, 5) is 12.0. The van der Waals surface area contributed by atoms with Crippen LogP contribution in [0, 0.1) is 6.92 Å². The van der Waals surface area contributed by atoms with Crippen molar-refractivity contribution in [2.75, 3.05) is 6.54 Å². The monoisotopic (exact) mass is 332 g/mol. The van der Waals surface area contributed by atoms with E-state index in [2.05, 4.69) is 20.8 Å². The van der Waals surface area contributed by atoms with Crippen LogP contribution >= 0.6 is 11.6 Å². The van der Waals surface area contributed by atoms with E-state index in [1.807, 2.05) is 31.3 Å². The summed E-state index contributed by atoms with van der Waals surface area (Å²) in [5.74, 6) is 0. The first-order valence-electron chi connectivity index (χ1n) is 7.95. The van der Waals surface area contributed by atoms with Crippen molar-refractivity contribution in [2.24, 2.45) is 0 Å². The summed E-state index contributed by atoms with van der Waals surface area (Å²) in [5.41, 5.74) is 4.59. The highest BCUT2D eigenvalue weighted by Gasteiger charge is 2.25. The Labute approximate surface area is 140 Å². The first kappa shape index (κ1) is 15.9. The van der Waals surface area contributed by atoms with Crippen LogP contribution in [0.15, 0.2) is 24.4 Å². The number of nitrogens with one attached hydrogen (secondary N) is 3. The normalized spacial score (nSPS) is 16.2. The van der Waals surface area contributed by atoms with Gasteiger partial charge in [0.25, 0.3) is 0 Å². The van der Waals surface area contributed by atoms with E-state index >= 15 is 0 Å². The molecule has 2 aromatic rings. The second-order valence-electron chi connectivity index (χ2n) is 5.92. The molecule has 2 amide bonds. The number of hydrogen-bond donors (Lipinski definition) is 3. The molecule has 3 rings (SSSR count). The van der Waals surface area contributed by atoms with Gasteiger partial charge in [0, 0.05) is 17.3 Å². The third-order valence-electron chi connectivity index (χ3n) is 4.36. The Morgan fingerprint density at radius 3 is 3.13 bits per heavy atom. The molecule has 0 spiro atoms. The first-order valence-corrected chi connectivity index (χ1v) is 8.33. The van der Waals surface area contributed by atoms with Crippen LogP contribution in [0.3, 0.4) is 0 Å². The van der Waals surface area contributed by atoms with Crippen LogP contribution in [-0.2, 0) is 12.8 Å². The van der Waals surface area contributed by atoms with Crippen LogP contribution in [0.4, 0.5) is 4.79 Å². The number of hydrogen-bond acceptors (Lipinski definition) is 2. The Bertz CT molecular complexity index is 698. The number of benzene rings is 1. The zero-order valence-corrected chi connectivity index (χ0v) is 13.9. The lowest BCUT2D eigenvalue weighted by atomic mass is 10.1. The number of carbonyl (C=O) groups excluding carboxylic acids is 1. The van der Waals surface area contributed by atoms with Crippen molar-refractivity contribution in [3.05, 3.63) is 51.8 Å². The topological polar surface area (TPSA) is 69.8 Å². The average Bonchev–Trinajstić information content (AvgIpc) is 3.12. The number of carbonyl (C=O) groups is 1. The van der Waals surface area contributed by atoms with Gasteiger partial charge in [0.15, 0.2) is 0 Å². The van der Waals surface area contributed by atoms with Crippen molar-refractivity contribution in [3.63, 3.8) is 0 Å². The predicted molar refractivity (Wildman–Crippen MR) is 90.7 cm³/mol. The highest BCUT2D eigenvalue weighted by Crippen LogP contribution is 2.35. The smallest absolute Gasteiger partial charge is 0.315 e. The molecule has 1 atom stereocenters. The maximum absolute atomic E-state index is 12.0. The highest BCUT2D eigenvalue weighted by molar-refractivity contribution is 6.31. The fourth-order valence-corrected chi connectivity index (χ4v) is 3.35. The number of rotatable bonds is 5. The summed E-state index contributed by atoms with van der Waals surface area (Å²) in [6, 6.07) is 5.82. The van der Waals surface area contributed by atoms with Gasteiger partial charge < -0.3 is 10.6 Å². The summed E-state index contributed by atoms with van der Waals surface area (Å²) in [6.45, 7) is 2.65. The molecule has 5 nitrogen and oxygen atoms in total. The minimum absolute atomic E-state index is 0.0554. The molecule has 0 aliphatic heterocycles. The molecule has 1 aromatic heterocycles. The molecule has 6 heteroatoms. The Balaban J connectivity index is 1.44. The van der Waals surface area contributed by atoms with Gasteiger partial charge in [-0.1, -0.05) is 23.7 Å². The van der Waals surface area contributed by atoms with Crippen molar-refractivity contribution in [3.8, 4) is 0 Å². The lowest BCUT2D eigenvalue weighted by Crippen LogP contribution is -2.37. The van der Waals surface area contributed by atoms with Crippen molar-refractivity contribution in [2.45, 2.75) is 38.6 Å². The molecule has 0 radical (unpaired) electrons. The number of aromatic nitrogens is 2. The van der Waals surface area contributed by atoms with E-state index in [1.54, 1.807) is 0 Å². The minimum Gasteiger partial charge on any atom is -0.338 e. The SMILES string of the molecule is Cc1[nH]ncc1CCCNC(=O)NC1CCc2c(Cl)cccc21. The van der Waals surface area contributed by atoms with Crippen LogP contribution in [0.1, 0.15) is 41.3 Å². The fourth-order valence-electron chi connectivity index (χ4n) is 3.08. The number of H-pyrrole nitrogens is 1. The maximum Gasteiger partial charge on any atom is 0.315 e. The molecule has 23 heavy (non-hydrogen) atoms. The van der Waals surface area contributed by atoms with Gasteiger partial charge in [-0.25, -0.2) is 4.79 Å². The summed E-state index contributed by atoms with van der Waals surface area (Å²) in [7, 11) is 0. The van der Waals surface area contributed by atoms with Crippen LogP contribution < -0.4 is 10.6 Å². The minimum atomic E-state index is -0.119. The molecule has 122 valence electrons. The summed E-state index contributed by atoms with van der Waals surface area (Å²) in [5, 5.41) is 13.7. The molecule has 0 saturated heterocycles. The molecule has 1 heterocycles. The van der Waals surface area contributed by atoms with Gasteiger partial charge in [0.2, 0.25) is 0 Å². The summed E-state index contributed by atoms with van der Waals surface area (Å²) in [6.07, 6.45) is 5.46. The Morgan fingerprint density at radius 1 is 1.48 bits per heavy atom. The van der Waals surface area contributed by atoms with E-state index in [-0.39, 0.29) is 12.1 Å². The van der Waals surface area contributed by atoms with Crippen LogP contribution in [0.25, 0.3) is 0 Å². The molecule has 1 aromatic carbocycles. The second kappa shape index (κ2) is 7.04. The maximum atomic E-state index is 12.0. The average molecular weight is 333 g/mol. The lowest BCUT2D eigenvalue weighted by Gasteiger charge is -2.15. The van der Waals surface area contributed by atoms with Gasteiger partial charge in [0.1, 0.15) is 0 Å². The van der Waals surface area contributed by atoms with Crippen molar-refractivity contribution >= 4 is 17.6 Å². The van der Waals surface area contributed by atoms with Gasteiger partial charge in [-0.2, -0.15) is 5.10 Å². The number of nitrogens with zero attached hydrogens (tertiary/aromatic N) is 1. The van der Waals surface area contributed by atoms with E-state index in [1.165, 1.54) is 5.56 Å². The Hall–Kier alpha value is -2.01. The molecule has 1 unspecified atom stereocenters. The van der Waals surface area contributed by atoms with Gasteiger partial charge in [-0.3, -0.25) is 5.10 Å². The first-order chi connectivity index (χ1) is 11.1. The van der Waals surface area contributed by atoms with E-state index in [4.69, 9.17) is 11.6 Å². The molecular weight excluding hydrogens is 312 g/mol. The van der Waals surface area contributed by atoms with E-state index < -0.39 is 0 Å². The quantitative estimate of drug-likeness (QED) is 0.735. The van der Waals surface area contributed by atoms with E-state index in [0.717, 1.165) is 47.5 Å². The predicted octanol–water partition coefficient (Wildman–Crippen LogP) is 3.29. The summed E-state index contributed by atoms with van der Waals surface area (Å²) >= 11 is 6.20. The number of aromatic amines is 1. The van der Waals surface area contributed by atoms with Crippen molar-refractivity contribution in [1.82, 2.24) is 20.8 Å². The number of aryl methyl sites for hydroxylation is 2. The van der Waals surface area contributed by atoms with Crippen LogP contribution in [-0.4, -0.2) is 22.8 Å². The van der Waals surface area contributed by atoms with Crippen molar-refractivity contribution in [1.29, 1.82) is 0 Å². The van der Waals surface area contributed by atoms with Crippen molar-refractivity contribution < 1.29 is 4.79 Å². The fraction of sp³-hybridized carbons (Fsp3) is 0.412. The lowest BCUT2D eigenvalue weighted by molar-refractivity contribution is 0.237. The molecule has 0 saturated carbocycles. The molecule has 1 aliphatic rings. The third kappa shape index (κ3) is 3.67. The number of halogens is 1. The molecule has 3 N–H and O–H groups in total. The van der Waals surface area contributed by atoms with Gasteiger partial charge in [-0.15, -0.1) is 0 Å².